The Morgan fingerprint density at radius 3 is 2.45 bits per heavy atom. The average molecular weight is 272 g/mol. The van der Waals surface area contributed by atoms with Crippen molar-refractivity contribution in [3.05, 3.63) is 57.8 Å². The zero-order valence-corrected chi connectivity index (χ0v) is 12.1. The Balaban J connectivity index is 2.49. The van der Waals surface area contributed by atoms with Gasteiger partial charge in [0.15, 0.2) is 5.82 Å². The minimum atomic E-state index is -0.306. The van der Waals surface area contributed by atoms with Crippen LogP contribution in [0, 0.1) is 12.8 Å². The van der Waals surface area contributed by atoms with Gasteiger partial charge in [-0.1, -0.05) is 44.2 Å². The topological polar surface area (TPSA) is 73.8 Å². The number of benzene rings is 1. The summed E-state index contributed by atoms with van der Waals surface area (Å²) >= 11 is 0. The Morgan fingerprint density at radius 2 is 1.85 bits per heavy atom. The van der Waals surface area contributed by atoms with Crippen LogP contribution in [0.25, 0.3) is 0 Å². The number of rotatable bonds is 4. The molecule has 0 amide bonds. The van der Waals surface area contributed by atoms with Gasteiger partial charge < -0.3 is 5.73 Å². The minimum absolute atomic E-state index is 0.130. The van der Waals surface area contributed by atoms with Crippen LogP contribution in [0.3, 0.4) is 0 Å². The molecule has 0 radical (unpaired) electrons. The van der Waals surface area contributed by atoms with Gasteiger partial charge in [-0.3, -0.25) is 9.36 Å². The molecule has 1 aromatic heterocycles. The van der Waals surface area contributed by atoms with Crippen molar-refractivity contribution in [2.24, 2.45) is 11.7 Å². The molecule has 106 valence electrons. The van der Waals surface area contributed by atoms with E-state index in [1.54, 1.807) is 11.5 Å². The molecule has 20 heavy (non-hydrogen) atoms. The smallest absolute Gasteiger partial charge is 0.275 e. The Hall–Kier alpha value is -2.01. The first kappa shape index (κ1) is 14.4. The summed E-state index contributed by atoms with van der Waals surface area (Å²) in [6.07, 6.45) is 0. The Kier molecular flexibility index (Phi) is 4.29. The predicted octanol–water partition coefficient (Wildman–Crippen LogP) is 1.65. The van der Waals surface area contributed by atoms with Crippen molar-refractivity contribution >= 4 is 0 Å². The molecular weight excluding hydrogens is 252 g/mol. The lowest BCUT2D eigenvalue weighted by Gasteiger charge is -2.19. The van der Waals surface area contributed by atoms with Gasteiger partial charge in [-0.2, -0.15) is 0 Å². The average Bonchev–Trinajstić information content (AvgIpc) is 2.44. The molecule has 0 aliphatic heterocycles. The van der Waals surface area contributed by atoms with Crippen molar-refractivity contribution < 1.29 is 0 Å². The zero-order valence-electron chi connectivity index (χ0n) is 12.1. The first-order valence-electron chi connectivity index (χ1n) is 6.74. The molecule has 1 unspecified atom stereocenters. The van der Waals surface area contributed by atoms with E-state index in [1.165, 1.54) is 0 Å². The molecule has 0 aliphatic carbocycles. The second-order valence-corrected chi connectivity index (χ2v) is 5.29. The van der Waals surface area contributed by atoms with Gasteiger partial charge in [0.2, 0.25) is 0 Å². The standard InChI is InChI=1S/C15H20N4O/c1-10(2)13(16)14-18-17-11(3)15(20)19(14)9-12-7-5-4-6-8-12/h4-8,10,13H,9,16H2,1-3H3. The maximum Gasteiger partial charge on any atom is 0.275 e. The van der Waals surface area contributed by atoms with Gasteiger partial charge in [0, 0.05) is 0 Å². The predicted molar refractivity (Wildman–Crippen MR) is 78.3 cm³/mol. The Bertz CT molecular complexity index is 634. The second kappa shape index (κ2) is 5.96. The highest BCUT2D eigenvalue weighted by molar-refractivity contribution is 5.16. The molecule has 0 spiro atoms. The maximum absolute atomic E-state index is 12.3. The second-order valence-electron chi connectivity index (χ2n) is 5.29. The van der Waals surface area contributed by atoms with E-state index < -0.39 is 0 Å². The van der Waals surface area contributed by atoms with E-state index in [2.05, 4.69) is 10.2 Å². The molecule has 1 aromatic carbocycles. The summed E-state index contributed by atoms with van der Waals surface area (Å²) in [5, 5.41) is 8.07. The molecule has 1 atom stereocenters. The SMILES string of the molecule is Cc1nnc(C(N)C(C)C)n(Cc2ccccc2)c1=O. The van der Waals surface area contributed by atoms with E-state index in [9.17, 15) is 4.79 Å². The van der Waals surface area contributed by atoms with Crippen LogP contribution in [0.1, 0.15) is 37.0 Å². The molecule has 2 rings (SSSR count). The minimum Gasteiger partial charge on any atom is -0.321 e. The number of aryl methyl sites for hydroxylation is 1. The molecule has 2 aromatic rings. The number of nitrogens with zero attached hydrogens (tertiary/aromatic N) is 3. The first-order chi connectivity index (χ1) is 9.50. The summed E-state index contributed by atoms with van der Waals surface area (Å²) in [6.45, 7) is 6.14. The molecule has 5 heteroatoms. The third-order valence-corrected chi connectivity index (χ3v) is 3.33. The molecule has 0 bridgehead atoms. The van der Waals surface area contributed by atoms with Crippen LogP contribution < -0.4 is 11.3 Å². The molecule has 5 nitrogen and oxygen atoms in total. The summed E-state index contributed by atoms with van der Waals surface area (Å²) in [4.78, 5) is 12.3. The quantitative estimate of drug-likeness (QED) is 0.918. The molecule has 2 N–H and O–H groups in total. The third-order valence-electron chi connectivity index (χ3n) is 3.33. The van der Waals surface area contributed by atoms with E-state index in [-0.39, 0.29) is 17.5 Å². The molecule has 1 heterocycles. The van der Waals surface area contributed by atoms with Gasteiger partial charge in [-0.15, -0.1) is 10.2 Å². The largest absolute Gasteiger partial charge is 0.321 e. The lowest BCUT2D eigenvalue weighted by molar-refractivity contribution is 0.450. The van der Waals surface area contributed by atoms with Crippen molar-refractivity contribution in [3.63, 3.8) is 0 Å². The first-order valence-corrected chi connectivity index (χ1v) is 6.74. The Labute approximate surface area is 118 Å². The van der Waals surface area contributed by atoms with Crippen LogP contribution >= 0.6 is 0 Å². The van der Waals surface area contributed by atoms with Crippen LogP contribution in [0.5, 0.6) is 0 Å². The van der Waals surface area contributed by atoms with Gasteiger partial charge in [0.05, 0.1) is 12.6 Å². The van der Waals surface area contributed by atoms with Crippen LogP contribution in [0.4, 0.5) is 0 Å². The highest BCUT2D eigenvalue weighted by Crippen LogP contribution is 2.16. The van der Waals surface area contributed by atoms with Crippen molar-refractivity contribution in [1.29, 1.82) is 0 Å². The normalized spacial score (nSPS) is 12.7. The van der Waals surface area contributed by atoms with Crippen molar-refractivity contribution in [1.82, 2.24) is 14.8 Å². The maximum atomic E-state index is 12.3. The van der Waals surface area contributed by atoms with Crippen LogP contribution in [0.2, 0.25) is 0 Å². The van der Waals surface area contributed by atoms with Gasteiger partial charge in [0.1, 0.15) is 5.69 Å². The Morgan fingerprint density at radius 1 is 1.20 bits per heavy atom. The fourth-order valence-corrected chi connectivity index (χ4v) is 1.99. The lowest BCUT2D eigenvalue weighted by atomic mass is 10.0. The van der Waals surface area contributed by atoms with E-state index >= 15 is 0 Å². The van der Waals surface area contributed by atoms with Crippen LogP contribution in [-0.2, 0) is 6.54 Å². The van der Waals surface area contributed by atoms with Crippen molar-refractivity contribution in [3.8, 4) is 0 Å². The van der Waals surface area contributed by atoms with Crippen molar-refractivity contribution in [2.75, 3.05) is 0 Å². The highest BCUT2D eigenvalue weighted by atomic mass is 16.1. The number of aromatic nitrogens is 3. The fourth-order valence-electron chi connectivity index (χ4n) is 1.99. The zero-order chi connectivity index (χ0) is 14.7. The number of hydrogen-bond acceptors (Lipinski definition) is 4. The summed E-state index contributed by atoms with van der Waals surface area (Å²) in [6, 6.07) is 9.50. The molecule has 0 aliphatic rings. The third kappa shape index (κ3) is 2.93. The molecule has 0 fully saturated rings. The van der Waals surface area contributed by atoms with E-state index in [1.807, 2.05) is 44.2 Å². The van der Waals surface area contributed by atoms with Gasteiger partial charge in [0.25, 0.3) is 5.56 Å². The molecular formula is C15H20N4O. The molecule has 0 saturated heterocycles. The van der Waals surface area contributed by atoms with Crippen LogP contribution in [-0.4, -0.2) is 14.8 Å². The summed E-state index contributed by atoms with van der Waals surface area (Å²) in [5.74, 6) is 0.730. The van der Waals surface area contributed by atoms with Gasteiger partial charge >= 0.3 is 0 Å². The fraction of sp³-hybridized carbons (Fsp3) is 0.400. The van der Waals surface area contributed by atoms with Gasteiger partial charge in [-0.05, 0) is 18.4 Å². The lowest BCUT2D eigenvalue weighted by Crippen LogP contribution is -2.34. The van der Waals surface area contributed by atoms with E-state index in [0.717, 1.165) is 5.56 Å². The summed E-state index contributed by atoms with van der Waals surface area (Å²) < 4.78 is 1.63. The van der Waals surface area contributed by atoms with Crippen molar-refractivity contribution in [2.45, 2.75) is 33.4 Å². The number of nitrogens with two attached hydrogens (primary N) is 1. The van der Waals surface area contributed by atoms with E-state index in [4.69, 9.17) is 5.73 Å². The molecule has 0 saturated carbocycles. The highest BCUT2D eigenvalue weighted by Gasteiger charge is 2.19. The van der Waals surface area contributed by atoms with Gasteiger partial charge in [-0.25, -0.2) is 0 Å². The summed E-state index contributed by atoms with van der Waals surface area (Å²) in [7, 11) is 0. The van der Waals surface area contributed by atoms with E-state index in [0.29, 0.717) is 18.1 Å². The monoisotopic (exact) mass is 272 g/mol. The number of hydrogen-bond donors (Lipinski definition) is 1. The summed E-state index contributed by atoms with van der Waals surface area (Å²) in [5.41, 5.74) is 7.45. The van der Waals surface area contributed by atoms with Crippen LogP contribution in [0.15, 0.2) is 35.1 Å².